The van der Waals surface area contributed by atoms with Gasteiger partial charge in [0.2, 0.25) is 17.1 Å². The number of benzene rings is 1. The fourth-order valence-electron chi connectivity index (χ4n) is 2.61. The predicted octanol–water partition coefficient (Wildman–Crippen LogP) is 1.67. The van der Waals surface area contributed by atoms with Gasteiger partial charge in [-0.05, 0) is 25.0 Å². The summed E-state index contributed by atoms with van der Waals surface area (Å²) in [6, 6.07) is 5.34. The van der Waals surface area contributed by atoms with E-state index in [4.69, 9.17) is 10.5 Å². The van der Waals surface area contributed by atoms with Gasteiger partial charge in [0.15, 0.2) is 0 Å². The Morgan fingerprint density at radius 2 is 2.04 bits per heavy atom. The molecule has 1 saturated heterocycles. The summed E-state index contributed by atoms with van der Waals surface area (Å²) in [4.78, 5) is 13.2. The van der Waals surface area contributed by atoms with Gasteiger partial charge in [-0.25, -0.2) is 4.21 Å². The van der Waals surface area contributed by atoms with Gasteiger partial charge in [-0.3, -0.25) is 9.52 Å². The van der Waals surface area contributed by atoms with Crippen LogP contribution in [0.15, 0.2) is 22.6 Å². The summed E-state index contributed by atoms with van der Waals surface area (Å²) < 4.78 is 22.6. The number of ether oxygens (including phenoxy) is 1. The lowest BCUT2D eigenvalue weighted by Gasteiger charge is -2.17. The number of hydrogen-bond acceptors (Lipinski definition) is 4. The lowest BCUT2D eigenvalue weighted by atomic mass is 10.1. The molecule has 0 radical (unpaired) electrons. The number of methoxy groups -OCH3 is 1. The molecule has 24 heavy (non-hydrogen) atoms. The SMILES string of the molecule is CC(C)C(=O)N1CCCC1.COc1cccc2c1C(N)=NS(=O)N2. The first-order valence-electron chi connectivity index (χ1n) is 7.93. The van der Waals surface area contributed by atoms with E-state index in [1.54, 1.807) is 25.3 Å². The van der Waals surface area contributed by atoms with Crippen LogP contribution in [0.1, 0.15) is 32.3 Å². The molecular weight excluding hydrogens is 328 g/mol. The maximum absolute atomic E-state index is 11.3. The van der Waals surface area contributed by atoms with Gasteiger partial charge in [-0.1, -0.05) is 19.9 Å². The number of hydrogen-bond donors (Lipinski definition) is 2. The van der Waals surface area contributed by atoms with E-state index in [-0.39, 0.29) is 11.8 Å². The number of anilines is 1. The van der Waals surface area contributed by atoms with Crippen molar-refractivity contribution in [2.24, 2.45) is 16.0 Å². The number of amidine groups is 1. The van der Waals surface area contributed by atoms with Crippen LogP contribution in [0.25, 0.3) is 0 Å². The lowest BCUT2D eigenvalue weighted by molar-refractivity contribution is -0.133. The number of carbonyl (C=O) groups is 1. The molecule has 2 heterocycles. The van der Waals surface area contributed by atoms with Crippen LogP contribution in [0, 0.1) is 5.92 Å². The first-order valence-corrected chi connectivity index (χ1v) is 9.03. The first-order chi connectivity index (χ1) is 11.4. The topological polar surface area (TPSA) is 97.0 Å². The second-order valence-corrected chi connectivity index (χ2v) is 6.78. The Balaban J connectivity index is 0.000000185. The molecule has 1 amide bonds. The minimum Gasteiger partial charge on any atom is -0.496 e. The Morgan fingerprint density at radius 1 is 1.38 bits per heavy atom. The number of nitrogens with one attached hydrogen (secondary N) is 1. The van der Waals surface area contributed by atoms with Gasteiger partial charge in [0.1, 0.15) is 11.6 Å². The summed E-state index contributed by atoms with van der Waals surface area (Å²) in [5.74, 6) is 1.35. The molecule has 3 N–H and O–H groups in total. The molecule has 132 valence electrons. The van der Waals surface area contributed by atoms with E-state index in [1.165, 1.54) is 12.8 Å². The van der Waals surface area contributed by atoms with Crippen LogP contribution in [0.4, 0.5) is 5.69 Å². The van der Waals surface area contributed by atoms with Crippen molar-refractivity contribution in [3.63, 3.8) is 0 Å². The Morgan fingerprint density at radius 3 is 2.62 bits per heavy atom. The normalized spacial score (nSPS) is 18.9. The van der Waals surface area contributed by atoms with Crippen molar-refractivity contribution in [1.82, 2.24) is 4.90 Å². The largest absolute Gasteiger partial charge is 0.496 e. The van der Waals surface area contributed by atoms with Gasteiger partial charge < -0.3 is 15.4 Å². The molecule has 1 unspecified atom stereocenters. The molecule has 8 heteroatoms. The van der Waals surface area contributed by atoms with E-state index in [0.717, 1.165) is 13.1 Å². The van der Waals surface area contributed by atoms with Crippen LogP contribution in [0.2, 0.25) is 0 Å². The van der Waals surface area contributed by atoms with E-state index < -0.39 is 11.2 Å². The zero-order chi connectivity index (χ0) is 17.7. The molecular formula is C16H24N4O3S. The highest BCUT2D eigenvalue weighted by Gasteiger charge is 2.20. The van der Waals surface area contributed by atoms with Gasteiger partial charge in [0.25, 0.3) is 0 Å². The second kappa shape index (κ2) is 8.14. The average molecular weight is 352 g/mol. The molecule has 0 spiro atoms. The zero-order valence-corrected chi connectivity index (χ0v) is 15.1. The van der Waals surface area contributed by atoms with Gasteiger partial charge in [-0.2, -0.15) is 4.40 Å². The summed E-state index contributed by atoms with van der Waals surface area (Å²) in [5.41, 5.74) is 6.99. The molecule has 1 atom stereocenters. The number of likely N-dealkylation sites (tertiary alicyclic amines) is 1. The summed E-state index contributed by atoms with van der Waals surface area (Å²) in [6.07, 6.45) is 2.39. The summed E-state index contributed by atoms with van der Waals surface area (Å²) >= 11 is -1.48. The molecule has 7 nitrogen and oxygen atoms in total. The standard InChI is InChI=1S/C8H9N3O2S.C8H15NO/c1-13-6-4-2-3-5-7(6)8(9)11-14(12)10-5;1-7(2)8(10)9-5-3-4-6-9/h2-4,10H,1H3,(H2,9,11);7H,3-6H2,1-2H3. The quantitative estimate of drug-likeness (QED) is 0.846. The Labute approximate surface area is 145 Å². The molecule has 0 aliphatic carbocycles. The average Bonchev–Trinajstić information content (AvgIpc) is 3.08. The van der Waals surface area contributed by atoms with Gasteiger partial charge in [-0.15, -0.1) is 0 Å². The Kier molecular flexibility index (Phi) is 6.19. The van der Waals surface area contributed by atoms with Crippen LogP contribution in [0.5, 0.6) is 5.75 Å². The number of carbonyl (C=O) groups excluding carboxylic acids is 1. The molecule has 1 aromatic carbocycles. The van der Waals surface area contributed by atoms with Crippen molar-refractivity contribution in [3.05, 3.63) is 23.8 Å². The summed E-state index contributed by atoms with van der Waals surface area (Å²) in [7, 11) is 1.55. The predicted molar refractivity (Wildman–Crippen MR) is 96.1 cm³/mol. The molecule has 0 saturated carbocycles. The third-order valence-electron chi connectivity index (χ3n) is 3.79. The lowest BCUT2D eigenvalue weighted by Crippen LogP contribution is -2.31. The van der Waals surface area contributed by atoms with Crippen molar-refractivity contribution >= 4 is 28.6 Å². The highest BCUT2D eigenvalue weighted by molar-refractivity contribution is 7.85. The van der Waals surface area contributed by atoms with E-state index in [0.29, 0.717) is 22.9 Å². The van der Waals surface area contributed by atoms with Gasteiger partial charge in [0.05, 0.1) is 18.4 Å². The van der Waals surface area contributed by atoms with Crippen LogP contribution in [-0.4, -0.2) is 41.1 Å². The summed E-state index contributed by atoms with van der Waals surface area (Å²) in [6.45, 7) is 5.88. The molecule has 1 aromatic rings. The highest BCUT2D eigenvalue weighted by atomic mass is 32.2. The first kappa shape index (κ1) is 18.3. The summed E-state index contributed by atoms with van der Waals surface area (Å²) in [5, 5.41) is 0. The Bertz CT molecular complexity index is 655. The maximum Gasteiger partial charge on any atom is 0.245 e. The number of nitrogens with zero attached hydrogens (tertiary/aromatic N) is 2. The minimum absolute atomic E-state index is 0.179. The number of nitrogens with two attached hydrogens (primary N) is 1. The number of amides is 1. The van der Waals surface area contributed by atoms with Crippen molar-refractivity contribution in [1.29, 1.82) is 0 Å². The molecule has 3 rings (SSSR count). The number of rotatable bonds is 2. The maximum atomic E-state index is 11.3. The Hall–Kier alpha value is -2.09. The molecule has 0 bridgehead atoms. The minimum atomic E-state index is -1.48. The van der Waals surface area contributed by atoms with Crippen LogP contribution in [0.3, 0.4) is 0 Å². The molecule has 2 aliphatic rings. The van der Waals surface area contributed by atoms with E-state index in [1.807, 2.05) is 18.7 Å². The van der Waals surface area contributed by atoms with E-state index in [2.05, 4.69) is 9.12 Å². The van der Waals surface area contributed by atoms with Crippen molar-refractivity contribution in [3.8, 4) is 5.75 Å². The molecule has 2 aliphatic heterocycles. The van der Waals surface area contributed by atoms with Crippen LogP contribution < -0.4 is 15.2 Å². The van der Waals surface area contributed by atoms with E-state index >= 15 is 0 Å². The molecule has 1 fully saturated rings. The van der Waals surface area contributed by atoms with Gasteiger partial charge in [0, 0.05) is 19.0 Å². The van der Waals surface area contributed by atoms with Crippen molar-refractivity contribution in [2.45, 2.75) is 26.7 Å². The second-order valence-electron chi connectivity index (χ2n) is 5.90. The highest BCUT2D eigenvalue weighted by Crippen LogP contribution is 2.28. The monoisotopic (exact) mass is 352 g/mol. The van der Waals surface area contributed by atoms with Gasteiger partial charge >= 0.3 is 0 Å². The smallest absolute Gasteiger partial charge is 0.245 e. The fourth-order valence-corrected chi connectivity index (χ4v) is 3.28. The van der Waals surface area contributed by atoms with Crippen LogP contribution >= 0.6 is 0 Å². The third kappa shape index (κ3) is 4.25. The van der Waals surface area contributed by atoms with Crippen molar-refractivity contribution in [2.75, 3.05) is 24.9 Å². The van der Waals surface area contributed by atoms with Crippen LogP contribution in [-0.2, 0) is 16.0 Å². The molecule has 0 aromatic heterocycles. The number of fused-ring (bicyclic) bond motifs is 1. The van der Waals surface area contributed by atoms with E-state index in [9.17, 15) is 9.00 Å². The zero-order valence-electron chi connectivity index (χ0n) is 14.2. The fraction of sp³-hybridized carbons (Fsp3) is 0.500. The van der Waals surface area contributed by atoms with Crippen molar-refractivity contribution < 1.29 is 13.7 Å². The third-order valence-corrected chi connectivity index (χ3v) is 4.55.